The van der Waals surface area contributed by atoms with Gasteiger partial charge >= 0.3 is 5.97 Å². The van der Waals surface area contributed by atoms with Crippen LogP contribution in [0.1, 0.15) is 112 Å². The van der Waals surface area contributed by atoms with E-state index in [1.54, 1.807) is 5.57 Å². The van der Waals surface area contributed by atoms with E-state index in [9.17, 15) is 4.79 Å². The van der Waals surface area contributed by atoms with Crippen molar-refractivity contribution in [3.63, 3.8) is 0 Å². The van der Waals surface area contributed by atoms with Crippen LogP contribution in [-0.2, 0) is 19.0 Å². The first kappa shape index (κ1) is 28.6. The molecule has 4 fully saturated rings. The lowest BCUT2D eigenvalue weighted by Crippen LogP contribution is -2.39. The Kier molecular flexibility index (Phi) is 9.78. The summed E-state index contributed by atoms with van der Waals surface area (Å²) in [5, 5.41) is 0. The molecule has 37 heavy (non-hydrogen) atoms. The molecule has 1 aliphatic heterocycles. The van der Waals surface area contributed by atoms with E-state index < -0.39 is 6.29 Å². The van der Waals surface area contributed by atoms with Crippen molar-refractivity contribution in [1.82, 2.24) is 0 Å². The third-order valence-electron chi connectivity index (χ3n) is 9.96. The Balaban J connectivity index is 1.38. The largest absolute Gasteiger partial charge is 0.458 e. The van der Waals surface area contributed by atoms with Gasteiger partial charge in [-0.2, -0.15) is 0 Å². The van der Waals surface area contributed by atoms with Crippen LogP contribution < -0.4 is 0 Å². The highest BCUT2D eigenvalue weighted by Crippen LogP contribution is 2.60. The topological polar surface area (TPSA) is 44.8 Å². The van der Waals surface area contributed by atoms with Crippen LogP contribution in [0.5, 0.6) is 0 Å². The van der Waals surface area contributed by atoms with Crippen molar-refractivity contribution in [3.8, 4) is 0 Å². The van der Waals surface area contributed by atoms with Crippen molar-refractivity contribution in [2.45, 2.75) is 130 Å². The standard InChI is InChI=1S/C33H52O4/c1-22(2)9-7-10-24(4)29-16-17-30-26(11-8-19-33(29,30)6)13-14-27-21-28(15-12-23(27)3)37-31(34)32-35-20-18-25(5)36-32/h13-14,22,24-25,28-30,32H,3,7-12,15-21H2,1-2,4-6H3/b26-13+,27-14-/t24-,25-,28+,29?,30+,32?,33-/m1/s1. The van der Waals surface area contributed by atoms with E-state index in [2.05, 4.69) is 46.4 Å². The number of rotatable bonds is 8. The zero-order valence-electron chi connectivity index (χ0n) is 24.2. The maximum atomic E-state index is 12.6. The number of fused-ring (bicyclic) bond motifs is 1. The number of allylic oxidation sites excluding steroid dienone is 4. The van der Waals surface area contributed by atoms with E-state index in [1.165, 1.54) is 62.5 Å². The van der Waals surface area contributed by atoms with Crippen LogP contribution in [0.3, 0.4) is 0 Å². The summed E-state index contributed by atoms with van der Waals surface area (Å²) in [4.78, 5) is 12.6. The van der Waals surface area contributed by atoms with Gasteiger partial charge in [0, 0.05) is 6.42 Å². The summed E-state index contributed by atoms with van der Waals surface area (Å²) in [6.45, 7) is 16.7. The minimum atomic E-state index is -0.883. The minimum Gasteiger partial charge on any atom is -0.458 e. The molecule has 7 atom stereocenters. The van der Waals surface area contributed by atoms with Gasteiger partial charge in [0.2, 0.25) is 0 Å². The molecular weight excluding hydrogens is 460 g/mol. The summed E-state index contributed by atoms with van der Waals surface area (Å²) in [7, 11) is 0. The average molecular weight is 513 g/mol. The van der Waals surface area contributed by atoms with Gasteiger partial charge in [-0.1, -0.05) is 76.8 Å². The van der Waals surface area contributed by atoms with Crippen LogP contribution >= 0.6 is 0 Å². The van der Waals surface area contributed by atoms with Crippen LogP contribution in [0.15, 0.2) is 35.5 Å². The van der Waals surface area contributed by atoms with Crippen LogP contribution in [0, 0.1) is 29.1 Å². The number of carbonyl (C=O) groups is 1. The Bertz CT molecular complexity index is 870. The number of hydrogen-bond acceptors (Lipinski definition) is 4. The van der Waals surface area contributed by atoms with Crippen LogP contribution in [-0.4, -0.2) is 31.1 Å². The predicted octanol–water partition coefficient (Wildman–Crippen LogP) is 8.32. The zero-order valence-corrected chi connectivity index (χ0v) is 24.2. The van der Waals surface area contributed by atoms with Gasteiger partial charge in [-0.3, -0.25) is 0 Å². The fraction of sp³-hybridized carbons (Fsp3) is 0.788. The van der Waals surface area contributed by atoms with Gasteiger partial charge in [0.05, 0.1) is 12.7 Å². The first-order valence-electron chi connectivity index (χ1n) is 15.2. The maximum Gasteiger partial charge on any atom is 0.363 e. The molecule has 4 heteroatoms. The summed E-state index contributed by atoms with van der Waals surface area (Å²) in [6.07, 6.45) is 17.7. The van der Waals surface area contributed by atoms with Gasteiger partial charge < -0.3 is 14.2 Å². The van der Waals surface area contributed by atoms with Crippen molar-refractivity contribution in [1.29, 1.82) is 0 Å². The maximum absolute atomic E-state index is 12.6. The third kappa shape index (κ3) is 6.98. The molecule has 208 valence electrons. The quantitative estimate of drug-likeness (QED) is 0.307. The zero-order chi connectivity index (χ0) is 26.6. The number of ether oxygens (including phenoxy) is 3. The molecule has 3 saturated carbocycles. The normalized spacial score (nSPS) is 37.7. The van der Waals surface area contributed by atoms with Crippen LogP contribution in [0.2, 0.25) is 0 Å². The van der Waals surface area contributed by atoms with Crippen molar-refractivity contribution in [3.05, 3.63) is 35.5 Å². The fourth-order valence-electron chi connectivity index (χ4n) is 7.75. The summed E-state index contributed by atoms with van der Waals surface area (Å²) in [6, 6.07) is 0. The van der Waals surface area contributed by atoms with Crippen molar-refractivity contribution < 1.29 is 19.0 Å². The van der Waals surface area contributed by atoms with Crippen LogP contribution in [0.25, 0.3) is 0 Å². The first-order chi connectivity index (χ1) is 17.7. The van der Waals surface area contributed by atoms with Gasteiger partial charge in [-0.25, -0.2) is 4.79 Å². The molecule has 0 aromatic carbocycles. The highest BCUT2D eigenvalue weighted by atomic mass is 16.7. The Labute approximate surface area is 226 Å². The van der Waals surface area contributed by atoms with Gasteiger partial charge in [0.25, 0.3) is 6.29 Å². The molecule has 0 spiro atoms. The lowest BCUT2D eigenvalue weighted by molar-refractivity contribution is -0.229. The van der Waals surface area contributed by atoms with E-state index >= 15 is 0 Å². The van der Waals surface area contributed by atoms with Crippen molar-refractivity contribution >= 4 is 5.97 Å². The highest BCUT2D eigenvalue weighted by molar-refractivity contribution is 5.73. The SMILES string of the molecule is C=C1CC[C@H](OC(=O)C2OCC[C@@H](C)O2)C/C1=C/C=C1\CCC[C@]2(C)C([C@H](C)CCCC(C)C)CC[C@@H]12. The molecule has 4 rings (SSSR count). The predicted molar refractivity (Wildman–Crippen MR) is 150 cm³/mol. The molecule has 0 radical (unpaired) electrons. The average Bonchev–Trinajstić information content (AvgIpc) is 3.21. The molecule has 0 aromatic rings. The minimum absolute atomic E-state index is 0.0268. The number of esters is 1. The van der Waals surface area contributed by atoms with E-state index in [-0.39, 0.29) is 18.2 Å². The van der Waals surface area contributed by atoms with E-state index in [0.717, 1.165) is 43.4 Å². The molecule has 0 N–H and O–H groups in total. The van der Waals surface area contributed by atoms with Crippen molar-refractivity contribution in [2.75, 3.05) is 6.61 Å². The smallest absolute Gasteiger partial charge is 0.363 e. The number of carbonyl (C=O) groups excluding carboxylic acids is 1. The van der Waals surface area contributed by atoms with Gasteiger partial charge in [-0.05, 0) is 93.0 Å². The third-order valence-corrected chi connectivity index (χ3v) is 9.96. The summed E-state index contributed by atoms with van der Waals surface area (Å²) in [5.74, 6) is 2.81. The number of hydrogen-bond donors (Lipinski definition) is 0. The molecule has 0 aromatic heterocycles. The Morgan fingerprint density at radius 2 is 1.95 bits per heavy atom. The molecular formula is C33H52O4. The van der Waals surface area contributed by atoms with Gasteiger partial charge in [-0.15, -0.1) is 0 Å². The van der Waals surface area contributed by atoms with E-state index in [0.29, 0.717) is 17.9 Å². The van der Waals surface area contributed by atoms with E-state index in [4.69, 9.17) is 14.2 Å². The molecule has 0 bridgehead atoms. The fourth-order valence-corrected chi connectivity index (χ4v) is 7.75. The Morgan fingerprint density at radius 1 is 1.14 bits per heavy atom. The van der Waals surface area contributed by atoms with E-state index in [1.807, 2.05) is 6.92 Å². The van der Waals surface area contributed by atoms with Crippen LogP contribution in [0.4, 0.5) is 0 Å². The monoisotopic (exact) mass is 512 g/mol. The molecule has 3 aliphatic carbocycles. The molecule has 4 nitrogen and oxygen atoms in total. The molecule has 0 amide bonds. The Morgan fingerprint density at radius 3 is 2.70 bits per heavy atom. The second-order valence-corrected chi connectivity index (χ2v) is 13.2. The second-order valence-electron chi connectivity index (χ2n) is 13.2. The van der Waals surface area contributed by atoms with Crippen molar-refractivity contribution in [2.24, 2.45) is 29.1 Å². The second kappa shape index (κ2) is 12.6. The lowest BCUT2D eigenvalue weighted by Gasteiger charge is -2.44. The summed E-state index contributed by atoms with van der Waals surface area (Å²) in [5.41, 5.74) is 4.51. The Hall–Kier alpha value is -1.39. The highest BCUT2D eigenvalue weighted by Gasteiger charge is 2.50. The van der Waals surface area contributed by atoms with Gasteiger partial charge in [0.15, 0.2) is 0 Å². The molecule has 1 heterocycles. The molecule has 2 unspecified atom stereocenters. The van der Waals surface area contributed by atoms with Gasteiger partial charge in [0.1, 0.15) is 6.10 Å². The molecule has 4 aliphatic rings. The summed E-state index contributed by atoms with van der Waals surface area (Å²) >= 11 is 0. The molecule has 1 saturated heterocycles. The lowest BCUT2D eigenvalue weighted by atomic mass is 9.60. The summed E-state index contributed by atoms with van der Waals surface area (Å²) < 4.78 is 17.0. The first-order valence-corrected chi connectivity index (χ1v) is 15.2.